The Morgan fingerprint density at radius 2 is 2.21 bits per heavy atom. The fourth-order valence-electron chi connectivity index (χ4n) is 1.24. The quantitative estimate of drug-likeness (QED) is 0.799. The molecule has 0 radical (unpaired) electrons. The molecule has 1 aromatic rings. The predicted octanol–water partition coefficient (Wildman–Crippen LogP) is 2.87. The van der Waals surface area contributed by atoms with Crippen LogP contribution in [0.3, 0.4) is 0 Å². The molecule has 0 fully saturated rings. The van der Waals surface area contributed by atoms with Crippen LogP contribution < -0.4 is 0 Å². The van der Waals surface area contributed by atoms with Gasteiger partial charge in [-0.1, -0.05) is 20.8 Å². The lowest BCUT2D eigenvalue weighted by molar-refractivity contribution is 0.319. The van der Waals surface area contributed by atoms with Crippen molar-refractivity contribution in [1.29, 1.82) is 0 Å². The van der Waals surface area contributed by atoms with Crippen LogP contribution in [-0.2, 0) is 6.42 Å². The van der Waals surface area contributed by atoms with Crippen LogP contribution >= 0.6 is 0 Å². The van der Waals surface area contributed by atoms with Crippen molar-refractivity contribution in [2.24, 2.45) is 5.92 Å². The summed E-state index contributed by atoms with van der Waals surface area (Å²) < 4.78 is 5.53. The van der Waals surface area contributed by atoms with Crippen LogP contribution in [-0.4, -0.2) is 11.7 Å². The Labute approximate surface area is 85.2 Å². The first-order valence-electron chi connectivity index (χ1n) is 5.07. The van der Waals surface area contributed by atoms with Gasteiger partial charge in [-0.2, -0.15) is 0 Å². The standard InChI is InChI=1S/C12H18O2/c1-4-11-5-6-12(14-11)7-10(8-13)9(2)3/h5-7,9,13H,4,8H2,1-3H3. The molecule has 0 saturated heterocycles. The Hall–Kier alpha value is -1.02. The van der Waals surface area contributed by atoms with Gasteiger partial charge in [0.2, 0.25) is 0 Å². The SMILES string of the molecule is CCc1ccc(C=C(CO)C(C)C)o1. The van der Waals surface area contributed by atoms with Gasteiger partial charge in [0.05, 0.1) is 6.61 Å². The molecule has 1 rings (SSSR count). The Bertz CT molecular complexity index is 308. The summed E-state index contributed by atoms with van der Waals surface area (Å²) in [5, 5.41) is 9.11. The molecule has 0 bridgehead atoms. The van der Waals surface area contributed by atoms with E-state index in [1.807, 2.05) is 18.2 Å². The molecule has 0 aliphatic rings. The third-order valence-corrected chi connectivity index (χ3v) is 2.28. The van der Waals surface area contributed by atoms with E-state index in [1.165, 1.54) is 0 Å². The van der Waals surface area contributed by atoms with Crippen molar-refractivity contribution in [1.82, 2.24) is 0 Å². The topological polar surface area (TPSA) is 33.4 Å². The van der Waals surface area contributed by atoms with Crippen molar-refractivity contribution in [3.05, 3.63) is 29.2 Å². The Morgan fingerprint density at radius 1 is 1.50 bits per heavy atom. The minimum absolute atomic E-state index is 0.0970. The molecule has 14 heavy (non-hydrogen) atoms. The first-order chi connectivity index (χ1) is 6.67. The number of aliphatic hydroxyl groups excluding tert-OH is 1. The summed E-state index contributed by atoms with van der Waals surface area (Å²) in [6.45, 7) is 6.28. The molecule has 0 amide bonds. The molecular formula is C12H18O2. The lowest BCUT2D eigenvalue weighted by atomic mass is 10.0. The Morgan fingerprint density at radius 3 is 2.64 bits per heavy atom. The van der Waals surface area contributed by atoms with E-state index in [2.05, 4.69) is 20.8 Å². The van der Waals surface area contributed by atoms with Gasteiger partial charge in [-0.15, -0.1) is 0 Å². The molecule has 0 unspecified atom stereocenters. The van der Waals surface area contributed by atoms with Crippen molar-refractivity contribution in [3.63, 3.8) is 0 Å². The van der Waals surface area contributed by atoms with Crippen LogP contribution in [0.2, 0.25) is 0 Å². The van der Waals surface area contributed by atoms with Crippen LogP contribution in [0.15, 0.2) is 22.1 Å². The van der Waals surface area contributed by atoms with Crippen LogP contribution in [0.5, 0.6) is 0 Å². The summed E-state index contributed by atoms with van der Waals surface area (Å²) in [5.41, 5.74) is 1.00. The molecule has 1 aromatic heterocycles. The molecule has 0 aliphatic carbocycles. The van der Waals surface area contributed by atoms with Crippen molar-refractivity contribution in [2.75, 3.05) is 6.61 Å². The molecule has 1 N–H and O–H groups in total. The maximum absolute atomic E-state index is 9.11. The monoisotopic (exact) mass is 194 g/mol. The summed E-state index contributed by atoms with van der Waals surface area (Å²) in [4.78, 5) is 0. The molecule has 78 valence electrons. The van der Waals surface area contributed by atoms with E-state index in [1.54, 1.807) is 0 Å². The number of furan rings is 1. The number of aliphatic hydroxyl groups is 1. The van der Waals surface area contributed by atoms with Crippen LogP contribution in [0, 0.1) is 5.92 Å². The highest BCUT2D eigenvalue weighted by atomic mass is 16.3. The van der Waals surface area contributed by atoms with Gasteiger partial charge in [0.15, 0.2) is 0 Å². The summed E-state index contributed by atoms with van der Waals surface area (Å²) >= 11 is 0. The van der Waals surface area contributed by atoms with Gasteiger partial charge in [0.1, 0.15) is 11.5 Å². The van der Waals surface area contributed by atoms with Gasteiger partial charge in [-0.25, -0.2) is 0 Å². The van der Waals surface area contributed by atoms with Crippen molar-refractivity contribution in [3.8, 4) is 0 Å². The van der Waals surface area contributed by atoms with E-state index >= 15 is 0 Å². The molecule has 1 heterocycles. The maximum Gasteiger partial charge on any atom is 0.127 e. The molecule has 2 heteroatoms. The van der Waals surface area contributed by atoms with Gasteiger partial charge in [-0.3, -0.25) is 0 Å². The summed E-state index contributed by atoms with van der Waals surface area (Å²) in [6.07, 6.45) is 2.83. The zero-order valence-corrected chi connectivity index (χ0v) is 9.08. The highest BCUT2D eigenvalue weighted by Gasteiger charge is 2.03. The summed E-state index contributed by atoms with van der Waals surface area (Å²) in [5.74, 6) is 2.17. The van der Waals surface area contributed by atoms with Gasteiger partial charge in [0.25, 0.3) is 0 Å². The summed E-state index contributed by atoms with van der Waals surface area (Å²) in [6, 6.07) is 3.91. The summed E-state index contributed by atoms with van der Waals surface area (Å²) in [7, 11) is 0. The Balaban J connectivity index is 2.83. The first-order valence-corrected chi connectivity index (χ1v) is 5.07. The third-order valence-electron chi connectivity index (χ3n) is 2.28. The van der Waals surface area contributed by atoms with Crippen LogP contribution in [0.25, 0.3) is 6.08 Å². The van der Waals surface area contributed by atoms with Crippen LogP contribution in [0.4, 0.5) is 0 Å². The number of hydrogen-bond donors (Lipinski definition) is 1. The zero-order valence-electron chi connectivity index (χ0n) is 9.08. The van der Waals surface area contributed by atoms with Gasteiger partial charge in [0, 0.05) is 6.42 Å². The van der Waals surface area contributed by atoms with E-state index < -0.39 is 0 Å². The van der Waals surface area contributed by atoms with E-state index in [9.17, 15) is 0 Å². The fourth-order valence-corrected chi connectivity index (χ4v) is 1.24. The number of rotatable bonds is 4. The van der Waals surface area contributed by atoms with Crippen molar-refractivity contribution < 1.29 is 9.52 Å². The fraction of sp³-hybridized carbons (Fsp3) is 0.500. The zero-order chi connectivity index (χ0) is 10.6. The molecular weight excluding hydrogens is 176 g/mol. The van der Waals surface area contributed by atoms with Gasteiger partial charge < -0.3 is 9.52 Å². The van der Waals surface area contributed by atoms with E-state index in [0.29, 0.717) is 5.92 Å². The van der Waals surface area contributed by atoms with E-state index in [-0.39, 0.29) is 6.61 Å². The van der Waals surface area contributed by atoms with Crippen molar-refractivity contribution in [2.45, 2.75) is 27.2 Å². The van der Waals surface area contributed by atoms with E-state index in [4.69, 9.17) is 9.52 Å². The highest BCUT2D eigenvalue weighted by molar-refractivity contribution is 5.48. The lowest BCUT2D eigenvalue weighted by Crippen LogP contribution is -1.98. The molecule has 0 spiro atoms. The van der Waals surface area contributed by atoms with E-state index in [0.717, 1.165) is 23.5 Å². The molecule has 0 saturated carbocycles. The van der Waals surface area contributed by atoms with Crippen molar-refractivity contribution >= 4 is 6.08 Å². The first kappa shape index (κ1) is 11.1. The lowest BCUT2D eigenvalue weighted by Gasteiger charge is -2.06. The molecule has 0 atom stereocenters. The number of hydrogen-bond acceptors (Lipinski definition) is 2. The minimum Gasteiger partial charge on any atom is -0.462 e. The molecule has 0 aliphatic heterocycles. The second kappa shape index (κ2) is 5.01. The average molecular weight is 194 g/mol. The van der Waals surface area contributed by atoms with Gasteiger partial charge >= 0.3 is 0 Å². The second-order valence-corrected chi connectivity index (χ2v) is 3.69. The van der Waals surface area contributed by atoms with Crippen LogP contribution in [0.1, 0.15) is 32.3 Å². The second-order valence-electron chi connectivity index (χ2n) is 3.69. The Kier molecular flexibility index (Phi) is 3.96. The normalized spacial score (nSPS) is 12.5. The minimum atomic E-state index is 0.0970. The smallest absolute Gasteiger partial charge is 0.127 e. The van der Waals surface area contributed by atoms with Gasteiger partial charge in [-0.05, 0) is 29.7 Å². The molecule has 2 nitrogen and oxygen atoms in total. The largest absolute Gasteiger partial charge is 0.462 e. The predicted molar refractivity (Wildman–Crippen MR) is 58.0 cm³/mol. The molecule has 0 aromatic carbocycles. The number of aryl methyl sites for hydroxylation is 1. The highest BCUT2D eigenvalue weighted by Crippen LogP contribution is 2.16. The maximum atomic E-state index is 9.11. The third kappa shape index (κ3) is 2.74. The average Bonchev–Trinajstić information content (AvgIpc) is 2.61.